The number of anilines is 2. The summed E-state index contributed by atoms with van der Waals surface area (Å²) >= 11 is 6.70. The number of hydrogen-bond donors (Lipinski definition) is 2. The van der Waals surface area contributed by atoms with Crippen molar-refractivity contribution in [3.05, 3.63) is 50.9 Å². The summed E-state index contributed by atoms with van der Waals surface area (Å²) in [6.45, 7) is 0. The van der Waals surface area contributed by atoms with Gasteiger partial charge in [0.05, 0.1) is 18.4 Å². The molecule has 0 radical (unpaired) electrons. The minimum absolute atomic E-state index is 0.250. The molecule has 0 aromatic heterocycles. The number of amides is 1. The van der Waals surface area contributed by atoms with Gasteiger partial charge in [0.25, 0.3) is 5.91 Å². The maximum atomic E-state index is 12.3. The van der Waals surface area contributed by atoms with Gasteiger partial charge < -0.3 is 15.8 Å². The van der Waals surface area contributed by atoms with E-state index in [1.165, 1.54) is 7.11 Å². The van der Waals surface area contributed by atoms with Crippen molar-refractivity contribution in [2.24, 2.45) is 0 Å². The molecule has 0 unspecified atom stereocenters. The largest absolute Gasteiger partial charge is 0.496 e. The lowest BCUT2D eigenvalue weighted by Gasteiger charge is -2.11. The van der Waals surface area contributed by atoms with Crippen LogP contribution in [-0.4, -0.2) is 13.0 Å². The molecule has 0 saturated carbocycles. The van der Waals surface area contributed by atoms with Gasteiger partial charge in [-0.15, -0.1) is 0 Å². The van der Waals surface area contributed by atoms with E-state index in [1.807, 2.05) is 0 Å². The number of nitrogens with two attached hydrogens (primary N) is 1. The van der Waals surface area contributed by atoms with Crippen molar-refractivity contribution in [3.8, 4) is 5.75 Å². The van der Waals surface area contributed by atoms with Gasteiger partial charge in [0.2, 0.25) is 0 Å². The molecule has 0 heterocycles. The predicted octanol–water partition coefficient (Wildman–Crippen LogP) is 4.05. The van der Waals surface area contributed by atoms with Crippen LogP contribution >= 0.6 is 31.9 Å². The molecule has 0 atom stereocenters. The van der Waals surface area contributed by atoms with Crippen LogP contribution < -0.4 is 15.8 Å². The fourth-order valence-electron chi connectivity index (χ4n) is 1.68. The molecule has 0 saturated heterocycles. The van der Waals surface area contributed by atoms with E-state index in [9.17, 15) is 4.79 Å². The number of rotatable bonds is 3. The standard InChI is InChI=1S/C14H12Br2N2O2/c1-20-13-6-8(15)2-4-10(13)14(19)18-12-5-3-9(17)7-11(12)16/h2-7H,17H2,1H3,(H,18,19). The van der Waals surface area contributed by atoms with Crippen molar-refractivity contribution in [3.63, 3.8) is 0 Å². The van der Waals surface area contributed by atoms with E-state index >= 15 is 0 Å². The Morgan fingerprint density at radius 2 is 1.95 bits per heavy atom. The van der Waals surface area contributed by atoms with Gasteiger partial charge in [0, 0.05) is 14.6 Å². The second kappa shape index (κ2) is 6.28. The highest BCUT2D eigenvalue weighted by Crippen LogP contribution is 2.28. The molecule has 0 spiro atoms. The maximum absolute atomic E-state index is 12.3. The Balaban J connectivity index is 2.28. The molecule has 0 bridgehead atoms. The summed E-state index contributed by atoms with van der Waals surface area (Å²) in [6.07, 6.45) is 0. The van der Waals surface area contributed by atoms with Gasteiger partial charge in [-0.2, -0.15) is 0 Å². The SMILES string of the molecule is COc1cc(Br)ccc1C(=O)Nc1ccc(N)cc1Br. The van der Waals surface area contributed by atoms with Gasteiger partial charge in [-0.05, 0) is 52.3 Å². The summed E-state index contributed by atoms with van der Waals surface area (Å²) in [5.41, 5.74) is 7.39. The molecule has 6 heteroatoms. The van der Waals surface area contributed by atoms with Crippen molar-refractivity contribution in [2.45, 2.75) is 0 Å². The summed E-state index contributed by atoms with van der Waals surface area (Å²) in [5.74, 6) is 0.253. The lowest BCUT2D eigenvalue weighted by Crippen LogP contribution is -2.13. The number of benzene rings is 2. The van der Waals surface area contributed by atoms with Crippen LogP contribution in [0.5, 0.6) is 5.75 Å². The molecule has 2 aromatic carbocycles. The first-order valence-electron chi connectivity index (χ1n) is 5.71. The zero-order chi connectivity index (χ0) is 14.7. The molecule has 0 aliphatic rings. The van der Waals surface area contributed by atoms with E-state index in [2.05, 4.69) is 37.2 Å². The van der Waals surface area contributed by atoms with E-state index in [-0.39, 0.29) is 5.91 Å². The summed E-state index contributed by atoms with van der Waals surface area (Å²) in [7, 11) is 1.53. The molecule has 0 fully saturated rings. The van der Waals surface area contributed by atoms with Crippen LogP contribution in [0.4, 0.5) is 11.4 Å². The fraction of sp³-hybridized carbons (Fsp3) is 0.0714. The van der Waals surface area contributed by atoms with E-state index in [0.29, 0.717) is 22.7 Å². The molecular formula is C14H12Br2N2O2. The highest BCUT2D eigenvalue weighted by molar-refractivity contribution is 9.10. The smallest absolute Gasteiger partial charge is 0.259 e. The van der Waals surface area contributed by atoms with Gasteiger partial charge >= 0.3 is 0 Å². The van der Waals surface area contributed by atoms with Crippen LogP contribution in [0.15, 0.2) is 45.3 Å². The van der Waals surface area contributed by atoms with E-state index < -0.39 is 0 Å². The second-order valence-electron chi connectivity index (χ2n) is 4.04. The Labute approximate surface area is 133 Å². The van der Waals surface area contributed by atoms with E-state index in [0.717, 1.165) is 8.95 Å². The molecule has 1 amide bonds. The van der Waals surface area contributed by atoms with Crippen molar-refractivity contribution >= 4 is 49.1 Å². The van der Waals surface area contributed by atoms with Crippen LogP contribution in [0.1, 0.15) is 10.4 Å². The van der Waals surface area contributed by atoms with Crippen LogP contribution in [0, 0.1) is 0 Å². The second-order valence-corrected chi connectivity index (χ2v) is 5.81. The van der Waals surface area contributed by atoms with E-state index in [4.69, 9.17) is 10.5 Å². The summed E-state index contributed by atoms with van der Waals surface area (Å²) in [4.78, 5) is 12.3. The normalized spacial score (nSPS) is 10.2. The molecule has 20 heavy (non-hydrogen) atoms. The first kappa shape index (κ1) is 14.9. The molecule has 104 valence electrons. The van der Waals surface area contributed by atoms with Crippen LogP contribution in [0.2, 0.25) is 0 Å². The van der Waals surface area contributed by atoms with Crippen molar-refractivity contribution in [1.29, 1.82) is 0 Å². The van der Waals surface area contributed by atoms with Gasteiger partial charge in [-0.1, -0.05) is 15.9 Å². The summed E-state index contributed by atoms with van der Waals surface area (Å²) in [6, 6.07) is 10.4. The Morgan fingerprint density at radius 3 is 2.60 bits per heavy atom. The van der Waals surface area contributed by atoms with Gasteiger partial charge in [0.15, 0.2) is 0 Å². The molecule has 0 aliphatic carbocycles. The van der Waals surface area contributed by atoms with E-state index in [1.54, 1.807) is 36.4 Å². The van der Waals surface area contributed by atoms with Gasteiger partial charge in [0.1, 0.15) is 5.75 Å². The highest BCUT2D eigenvalue weighted by atomic mass is 79.9. The quantitative estimate of drug-likeness (QED) is 0.765. The van der Waals surface area contributed by atoms with Crippen molar-refractivity contribution in [2.75, 3.05) is 18.2 Å². The number of hydrogen-bond acceptors (Lipinski definition) is 3. The summed E-state index contributed by atoms with van der Waals surface area (Å²) < 4.78 is 6.78. The molecule has 4 nitrogen and oxygen atoms in total. The number of carbonyl (C=O) groups is 1. The maximum Gasteiger partial charge on any atom is 0.259 e. The number of carbonyl (C=O) groups excluding carboxylic acids is 1. The first-order chi connectivity index (χ1) is 9.51. The van der Waals surface area contributed by atoms with Crippen LogP contribution in [-0.2, 0) is 0 Å². The topological polar surface area (TPSA) is 64.3 Å². The van der Waals surface area contributed by atoms with Gasteiger partial charge in [-0.25, -0.2) is 0 Å². The van der Waals surface area contributed by atoms with Gasteiger partial charge in [-0.3, -0.25) is 4.79 Å². The number of ether oxygens (including phenoxy) is 1. The van der Waals surface area contributed by atoms with Crippen LogP contribution in [0.25, 0.3) is 0 Å². The average Bonchev–Trinajstić information content (AvgIpc) is 2.41. The first-order valence-corrected chi connectivity index (χ1v) is 7.30. The zero-order valence-corrected chi connectivity index (χ0v) is 13.8. The lowest BCUT2D eigenvalue weighted by molar-refractivity contribution is 0.102. The molecular weight excluding hydrogens is 388 g/mol. The fourth-order valence-corrected chi connectivity index (χ4v) is 2.51. The number of nitrogens with one attached hydrogen (secondary N) is 1. The monoisotopic (exact) mass is 398 g/mol. The Kier molecular flexibility index (Phi) is 4.67. The minimum Gasteiger partial charge on any atom is -0.496 e. The third kappa shape index (κ3) is 3.32. The zero-order valence-electron chi connectivity index (χ0n) is 10.6. The number of nitrogen functional groups attached to an aromatic ring is 1. The number of halogens is 2. The number of methoxy groups -OCH3 is 1. The molecule has 2 aromatic rings. The van der Waals surface area contributed by atoms with Crippen LogP contribution in [0.3, 0.4) is 0 Å². The molecule has 2 rings (SSSR count). The third-order valence-electron chi connectivity index (χ3n) is 2.65. The Hall–Kier alpha value is -1.53. The Morgan fingerprint density at radius 1 is 1.20 bits per heavy atom. The molecule has 0 aliphatic heterocycles. The average molecular weight is 400 g/mol. The third-order valence-corrected chi connectivity index (χ3v) is 3.80. The summed E-state index contributed by atoms with van der Waals surface area (Å²) in [5, 5.41) is 2.81. The van der Waals surface area contributed by atoms with Crippen molar-refractivity contribution in [1.82, 2.24) is 0 Å². The predicted molar refractivity (Wildman–Crippen MR) is 87.2 cm³/mol. The molecule has 3 N–H and O–H groups in total. The van der Waals surface area contributed by atoms with Crippen molar-refractivity contribution < 1.29 is 9.53 Å². The Bertz CT molecular complexity index is 660. The lowest BCUT2D eigenvalue weighted by atomic mass is 10.2. The highest BCUT2D eigenvalue weighted by Gasteiger charge is 2.14. The minimum atomic E-state index is -0.250.